The molecule has 0 aromatic heterocycles. The van der Waals surface area contributed by atoms with Crippen LogP contribution in [0.15, 0.2) is 30.3 Å². The van der Waals surface area contributed by atoms with Gasteiger partial charge in [-0.25, -0.2) is 5.11 Å². The molecule has 0 aliphatic heterocycles. The van der Waals surface area contributed by atoms with E-state index in [0.717, 1.165) is 31.6 Å². The Kier molecular flexibility index (Phi) is 8.39. The maximum Gasteiger partial charge on any atom is 0.119 e. The van der Waals surface area contributed by atoms with E-state index in [1.807, 2.05) is 30.3 Å². The zero-order valence-corrected chi connectivity index (χ0v) is 10.6. The van der Waals surface area contributed by atoms with Crippen LogP contribution < -0.4 is 4.74 Å². The van der Waals surface area contributed by atoms with Crippen LogP contribution in [0.4, 0.5) is 0 Å². The standard InChI is InChI=1S/C15H23O2/c16-13-9-4-2-1-3-5-10-14-17-15-11-7-6-8-12-15/h6-8,11-12H,1-5,9-10,13-14H2. The molecule has 1 aromatic rings. The van der Waals surface area contributed by atoms with Gasteiger partial charge in [0.15, 0.2) is 0 Å². The van der Waals surface area contributed by atoms with Crippen LogP contribution >= 0.6 is 0 Å². The van der Waals surface area contributed by atoms with Crippen LogP contribution in [0.5, 0.6) is 5.75 Å². The summed E-state index contributed by atoms with van der Waals surface area (Å²) in [5.74, 6) is 0.961. The lowest BCUT2D eigenvalue weighted by Gasteiger charge is -2.05. The number of ether oxygens (including phenoxy) is 1. The highest BCUT2D eigenvalue weighted by Gasteiger charge is 1.93. The fraction of sp³-hybridized carbons (Fsp3) is 0.600. The molecule has 0 aliphatic carbocycles. The zero-order valence-electron chi connectivity index (χ0n) is 10.6. The molecule has 1 aromatic carbocycles. The predicted molar refractivity (Wildman–Crippen MR) is 69.8 cm³/mol. The third kappa shape index (κ3) is 7.81. The van der Waals surface area contributed by atoms with Gasteiger partial charge in [0.05, 0.1) is 13.2 Å². The summed E-state index contributed by atoms with van der Waals surface area (Å²) in [4.78, 5) is 0. The molecule has 2 heteroatoms. The Morgan fingerprint density at radius 1 is 0.765 bits per heavy atom. The number of unbranched alkanes of at least 4 members (excludes halogenated alkanes) is 6. The molecule has 1 rings (SSSR count). The Balaban J connectivity index is 1.85. The molecule has 0 aliphatic rings. The van der Waals surface area contributed by atoms with E-state index in [-0.39, 0.29) is 6.61 Å². The highest BCUT2D eigenvalue weighted by Crippen LogP contribution is 2.10. The zero-order chi connectivity index (χ0) is 12.2. The van der Waals surface area contributed by atoms with E-state index in [0.29, 0.717) is 0 Å². The van der Waals surface area contributed by atoms with E-state index in [4.69, 9.17) is 4.74 Å². The summed E-state index contributed by atoms with van der Waals surface area (Å²) in [5, 5.41) is 10.2. The molecule has 0 heterocycles. The average molecular weight is 235 g/mol. The second kappa shape index (κ2) is 10.2. The van der Waals surface area contributed by atoms with E-state index < -0.39 is 0 Å². The first kappa shape index (κ1) is 14.0. The van der Waals surface area contributed by atoms with Gasteiger partial charge in [0.1, 0.15) is 5.75 Å². The Hall–Kier alpha value is -1.02. The molecule has 0 saturated carbocycles. The maximum absolute atomic E-state index is 10.2. The monoisotopic (exact) mass is 235 g/mol. The molecule has 0 spiro atoms. The molecule has 0 bridgehead atoms. The molecule has 0 saturated heterocycles. The van der Waals surface area contributed by atoms with E-state index in [1.54, 1.807) is 0 Å². The fourth-order valence-electron chi connectivity index (χ4n) is 1.79. The van der Waals surface area contributed by atoms with Crippen molar-refractivity contribution in [2.75, 3.05) is 13.2 Å². The van der Waals surface area contributed by atoms with Crippen molar-refractivity contribution in [3.8, 4) is 5.75 Å². The quantitative estimate of drug-likeness (QED) is 0.558. The summed E-state index contributed by atoms with van der Waals surface area (Å²) in [5.41, 5.74) is 0. The van der Waals surface area contributed by atoms with Gasteiger partial charge < -0.3 is 4.74 Å². The van der Waals surface area contributed by atoms with Crippen molar-refractivity contribution in [3.63, 3.8) is 0 Å². The lowest BCUT2D eigenvalue weighted by atomic mass is 10.1. The minimum atomic E-state index is 0.0882. The Bertz CT molecular complexity index is 259. The minimum Gasteiger partial charge on any atom is -0.494 e. The number of hydrogen-bond donors (Lipinski definition) is 0. The maximum atomic E-state index is 10.2. The van der Waals surface area contributed by atoms with Crippen molar-refractivity contribution in [2.45, 2.75) is 44.9 Å². The first-order chi connectivity index (χ1) is 8.43. The van der Waals surface area contributed by atoms with Gasteiger partial charge in [0.2, 0.25) is 0 Å². The summed E-state index contributed by atoms with van der Waals surface area (Å²) in [6.07, 6.45) is 8.02. The molecule has 17 heavy (non-hydrogen) atoms. The molecule has 0 fully saturated rings. The summed E-state index contributed by atoms with van der Waals surface area (Å²) < 4.78 is 5.61. The van der Waals surface area contributed by atoms with E-state index in [9.17, 15) is 5.11 Å². The third-order valence-electron chi connectivity index (χ3n) is 2.80. The molecule has 2 nitrogen and oxygen atoms in total. The smallest absolute Gasteiger partial charge is 0.119 e. The van der Waals surface area contributed by atoms with E-state index >= 15 is 0 Å². The normalized spacial score (nSPS) is 10.4. The van der Waals surface area contributed by atoms with Crippen molar-refractivity contribution in [3.05, 3.63) is 30.3 Å². The highest BCUT2D eigenvalue weighted by molar-refractivity contribution is 5.20. The topological polar surface area (TPSA) is 29.1 Å². The number of rotatable bonds is 10. The summed E-state index contributed by atoms with van der Waals surface area (Å²) in [6.45, 7) is 0.898. The van der Waals surface area contributed by atoms with Crippen LogP contribution in [0, 0.1) is 0 Å². The largest absolute Gasteiger partial charge is 0.494 e. The van der Waals surface area contributed by atoms with Gasteiger partial charge >= 0.3 is 0 Å². The van der Waals surface area contributed by atoms with Crippen molar-refractivity contribution in [1.82, 2.24) is 0 Å². The first-order valence-corrected chi connectivity index (χ1v) is 6.69. The summed E-state index contributed by atoms with van der Waals surface area (Å²) in [7, 11) is 0. The highest BCUT2D eigenvalue weighted by atomic mass is 16.5. The number of para-hydroxylation sites is 1. The molecule has 0 amide bonds. The average Bonchev–Trinajstić information content (AvgIpc) is 2.38. The Labute approximate surface area is 105 Å². The fourth-order valence-corrected chi connectivity index (χ4v) is 1.79. The molecule has 0 unspecified atom stereocenters. The lowest BCUT2D eigenvalue weighted by molar-refractivity contribution is 0.186. The van der Waals surface area contributed by atoms with Crippen LogP contribution in [-0.4, -0.2) is 13.2 Å². The van der Waals surface area contributed by atoms with Crippen molar-refractivity contribution >= 4 is 0 Å². The number of hydrogen-bond acceptors (Lipinski definition) is 1. The molecule has 95 valence electrons. The van der Waals surface area contributed by atoms with E-state index in [1.165, 1.54) is 25.7 Å². The molecule has 0 N–H and O–H groups in total. The Morgan fingerprint density at radius 2 is 1.35 bits per heavy atom. The third-order valence-corrected chi connectivity index (χ3v) is 2.80. The van der Waals surface area contributed by atoms with Crippen molar-refractivity contribution < 1.29 is 9.84 Å². The van der Waals surface area contributed by atoms with Crippen LogP contribution in [0.3, 0.4) is 0 Å². The van der Waals surface area contributed by atoms with Crippen LogP contribution in [-0.2, 0) is 5.11 Å². The van der Waals surface area contributed by atoms with Gasteiger partial charge in [-0.05, 0) is 25.0 Å². The van der Waals surface area contributed by atoms with Crippen LogP contribution in [0.1, 0.15) is 44.9 Å². The predicted octanol–water partition coefficient (Wildman–Crippen LogP) is 4.23. The second-order valence-electron chi connectivity index (χ2n) is 4.34. The number of benzene rings is 1. The molecular formula is C15H23O2. The minimum absolute atomic E-state index is 0.0882. The second-order valence-corrected chi connectivity index (χ2v) is 4.34. The van der Waals surface area contributed by atoms with Gasteiger partial charge in [0.25, 0.3) is 0 Å². The molecule has 1 radical (unpaired) electrons. The summed E-state index contributed by atoms with van der Waals surface area (Å²) in [6, 6.07) is 9.96. The van der Waals surface area contributed by atoms with Gasteiger partial charge in [-0.3, -0.25) is 0 Å². The summed E-state index contributed by atoms with van der Waals surface area (Å²) >= 11 is 0. The SMILES string of the molecule is [O]CCCCCCCCCOc1ccccc1. The van der Waals surface area contributed by atoms with Gasteiger partial charge in [0, 0.05) is 0 Å². The van der Waals surface area contributed by atoms with E-state index in [2.05, 4.69) is 0 Å². The van der Waals surface area contributed by atoms with Gasteiger partial charge in [-0.1, -0.05) is 50.3 Å². The van der Waals surface area contributed by atoms with Crippen LogP contribution in [0.25, 0.3) is 0 Å². The van der Waals surface area contributed by atoms with Gasteiger partial charge in [-0.15, -0.1) is 0 Å². The Morgan fingerprint density at radius 3 is 2.00 bits per heavy atom. The van der Waals surface area contributed by atoms with Crippen LogP contribution in [0.2, 0.25) is 0 Å². The first-order valence-electron chi connectivity index (χ1n) is 6.69. The van der Waals surface area contributed by atoms with Crippen molar-refractivity contribution in [1.29, 1.82) is 0 Å². The van der Waals surface area contributed by atoms with Gasteiger partial charge in [-0.2, -0.15) is 0 Å². The lowest BCUT2D eigenvalue weighted by Crippen LogP contribution is -1.96. The molecule has 0 atom stereocenters. The van der Waals surface area contributed by atoms with Crippen molar-refractivity contribution in [2.24, 2.45) is 0 Å². The molecular weight excluding hydrogens is 212 g/mol.